The van der Waals surface area contributed by atoms with Crippen molar-refractivity contribution in [3.05, 3.63) is 83.9 Å². The zero-order valence-electron chi connectivity index (χ0n) is 19.5. The highest BCUT2D eigenvalue weighted by molar-refractivity contribution is 5.94. The number of amides is 3. The number of nitrogens with one attached hydrogen (secondary N) is 1. The van der Waals surface area contributed by atoms with Crippen molar-refractivity contribution in [2.24, 2.45) is 0 Å². The third-order valence-electron chi connectivity index (χ3n) is 5.77. The van der Waals surface area contributed by atoms with E-state index in [1.807, 2.05) is 77.7 Å². The molecule has 3 aromatic rings. The molecule has 7 heteroatoms. The van der Waals surface area contributed by atoms with Crippen LogP contribution in [0.3, 0.4) is 0 Å². The van der Waals surface area contributed by atoms with Gasteiger partial charge in [0.2, 0.25) is 5.91 Å². The van der Waals surface area contributed by atoms with Crippen LogP contribution < -0.4 is 19.7 Å². The Balaban J connectivity index is 1.40. The van der Waals surface area contributed by atoms with Crippen molar-refractivity contribution in [3.63, 3.8) is 0 Å². The van der Waals surface area contributed by atoms with Crippen LogP contribution in [0.2, 0.25) is 0 Å². The number of hydrogen-bond donors (Lipinski definition) is 1. The minimum atomic E-state index is -0.0760. The van der Waals surface area contributed by atoms with Gasteiger partial charge in [0.15, 0.2) is 0 Å². The highest BCUT2D eigenvalue weighted by Crippen LogP contribution is 2.26. The predicted molar refractivity (Wildman–Crippen MR) is 133 cm³/mol. The molecule has 34 heavy (non-hydrogen) atoms. The van der Waals surface area contributed by atoms with Crippen LogP contribution in [0.25, 0.3) is 0 Å². The summed E-state index contributed by atoms with van der Waals surface area (Å²) in [6, 6.07) is 22.6. The fraction of sp³-hybridized carbons (Fsp3) is 0.259. The summed E-state index contributed by atoms with van der Waals surface area (Å²) >= 11 is 0. The van der Waals surface area contributed by atoms with Gasteiger partial charge in [-0.3, -0.25) is 9.69 Å². The molecule has 0 radical (unpaired) electrons. The number of carbonyl (C=O) groups excluding carboxylic acids is 2. The van der Waals surface area contributed by atoms with Crippen LogP contribution in [0.1, 0.15) is 17.5 Å². The second-order valence-corrected chi connectivity index (χ2v) is 8.19. The van der Waals surface area contributed by atoms with Gasteiger partial charge in [-0.25, -0.2) is 4.79 Å². The van der Waals surface area contributed by atoms with Gasteiger partial charge in [-0.1, -0.05) is 30.3 Å². The Hall–Kier alpha value is -4.00. The van der Waals surface area contributed by atoms with Gasteiger partial charge in [0.1, 0.15) is 11.5 Å². The smallest absolute Gasteiger partial charge is 0.324 e. The van der Waals surface area contributed by atoms with Gasteiger partial charge in [-0.05, 0) is 53.9 Å². The number of hydrogen-bond acceptors (Lipinski definition) is 4. The Bertz CT molecular complexity index is 1110. The number of rotatable bonds is 8. The monoisotopic (exact) mass is 459 g/mol. The maximum Gasteiger partial charge on any atom is 0.324 e. The van der Waals surface area contributed by atoms with E-state index < -0.39 is 0 Å². The average molecular weight is 460 g/mol. The molecule has 0 atom stereocenters. The number of nitrogens with zero attached hydrogens (tertiary/aromatic N) is 2. The van der Waals surface area contributed by atoms with Gasteiger partial charge in [-0.15, -0.1) is 0 Å². The number of benzene rings is 3. The van der Waals surface area contributed by atoms with E-state index in [-0.39, 0.29) is 11.9 Å². The topological polar surface area (TPSA) is 71.1 Å². The van der Waals surface area contributed by atoms with E-state index in [1.54, 1.807) is 19.1 Å². The average Bonchev–Trinajstić information content (AvgIpc) is 2.86. The first-order valence-corrected chi connectivity index (χ1v) is 11.3. The molecule has 1 heterocycles. The van der Waals surface area contributed by atoms with Crippen molar-refractivity contribution in [3.8, 4) is 11.5 Å². The van der Waals surface area contributed by atoms with Crippen molar-refractivity contribution in [2.45, 2.75) is 19.4 Å². The zero-order chi connectivity index (χ0) is 23.9. The minimum Gasteiger partial charge on any atom is -0.497 e. The van der Waals surface area contributed by atoms with Gasteiger partial charge < -0.3 is 19.7 Å². The second-order valence-electron chi connectivity index (χ2n) is 8.19. The molecular formula is C27H29N3O4. The molecule has 0 unspecified atom stereocenters. The minimum absolute atomic E-state index is 0.0473. The van der Waals surface area contributed by atoms with Crippen LogP contribution in [0.4, 0.5) is 16.2 Å². The SMILES string of the molecule is COc1cc(CN2CCCN(c3ccc(NC(=O)Cc4ccccc4)cc3)C2=O)cc(OC)c1. The molecule has 1 saturated heterocycles. The van der Waals surface area contributed by atoms with Crippen LogP contribution in [-0.4, -0.2) is 44.1 Å². The van der Waals surface area contributed by atoms with Gasteiger partial charge in [-0.2, -0.15) is 0 Å². The first kappa shape index (κ1) is 23.2. The summed E-state index contributed by atoms with van der Waals surface area (Å²) in [5.41, 5.74) is 3.42. The molecule has 4 rings (SSSR count). The fourth-order valence-corrected chi connectivity index (χ4v) is 4.06. The molecule has 0 aliphatic carbocycles. The lowest BCUT2D eigenvalue weighted by atomic mass is 10.1. The Labute approximate surface area is 199 Å². The first-order chi connectivity index (χ1) is 16.6. The van der Waals surface area contributed by atoms with Crippen LogP contribution in [0.15, 0.2) is 72.8 Å². The summed E-state index contributed by atoms with van der Waals surface area (Å²) < 4.78 is 10.7. The van der Waals surface area contributed by atoms with E-state index in [1.165, 1.54) is 0 Å². The van der Waals surface area contributed by atoms with Crippen molar-refractivity contribution in [1.82, 2.24) is 4.90 Å². The summed E-state index contributed by atoms with van der Waals surface area (Å²) in [7, 11) is 3.22. The Morgan fingerprint density at radius 1 is 0.882 bits per heavy atom. The number of anilines is 2. The number of ether oxygens (including phenoxy) is 2. The quantitative estimate of drug-likeness (QED) is 0.529. The molecule has 1 N–H and O–H groups in total. The maximum atomic E-state index is 13.2. The molecule has 0 spiro atoms. The summed E-state index contributed by atoms with van der Waals surface area (Å²) in [6.45, 7) is 1.80. The first-order valence-electron chi connectivity index (χ1n) is 11.3. The predicted octanol–water partition coefficient (Wildman–Crippen LogP) is 4.72. The highest BCUT2D eigenvalue weighted by atomic mass is 16.5. The van der Waals surface area contributed by atoms with Gasteiger partial charge in [0, 0.05) is 37.1 Å². The zero-order valence-corrected chi connectivity index (χ0v) is 19.5. The Morgan fingerprint density at radius 3 is 2.21 bits per heavy atom. The Kier molecular flexibility index (Phi) is 7.32. The normalized spacial score (nSPS) is 13.5. The molecule has 1 fully saturated rings. The van der Waals surface area contributed by atoms with E-state index in [4.69, 9.17) is 9.47 Å². The van der Waals surface area contributed by atoms with Gasteiger partial charge in [0.05, 0.1) is 20.6 Å². The third kappa shape index (κ3) is 5.67. The van der Waals surface area contributed by atoms with Crippen molar-refractivity contribution < 1.29 is 19.1 Å². The van der Waals surface area contributed by atoms with Crippen LogP contribution in [0, 0.1) is 0 Å². The van der Waals surface area contributed by atoms with Crippen molar-refractivity contribution in [1.29, 1.82) is 0 Å². The largest absolute Gasteiger partial charge is 0.497 e. The molecule has 0 aromatic heterocycles. The van der Waals surface area contributed by atoms with E-state index in [2.05, 4.69) is 5.32 Å². The van der Waals surface area contributed by atoms with Crippen molar-refractivity contribution >= 4 is 23.3 Å². The van der Waals surface area contributed by atoms with E-state index in [0.717, 1.165) is 23.2 Å². The maximum absolute atomic E-state index is 13.2. The Morgan fingerprint density at radius 2 is 1.56 bits per heavy atom. The van der Waals surface area contributed by atoms with E-state index >= 15 is 0 Å². The van der Waals surface area contributed by atoms with E-state index in [0.29, 0.717) is 43.2 Å². The van der Waals surface area contributed by atoms with Gasteiger partial charge >= 0.3 is 6.03 Å². The molecule has 7 nitrogen and oxygen atoms in total. The lowest BCUT2D eigenvalue weighted by Gasteiger charge is -2.35. The fourth-order valence-electron chi connectivity index (χ4n) is 4.06. The summed E-state index contributed by atoms with van der Waals surface area (Å²) in [5.74, 6) is 1.31. The molecule has 176 valence electrons. The lowest BCUT2D eigenvalue weighted by Crippen LogP contribution is -2.49. The molecule has 1 aliphatic heterocycles. The van der Waals surface area contributed by atoms with E-state index in [9.17, 15) is 9.59 Å². The summed E-state index contributed by atoms with van der Waals surface area (Å²) in [4.78, 5) is 29.2. The molecular weight excluding hydrogens is 430 g/mol. The number of urea groups is 1. The number of methoxy groups -OCH3 is 2. The second kappa shape index (κ2) is 10.7. The molecule has 0 saturated carbocycles. The summed E-state index contributed by atoms with van der Waals surface area (Å²) in [6.07, 6.45) is 1.18. The van der Waals surface area contributed by atoms with Gasteiger partial charge in [0.25, 0.3) is 0 Å². The standard InChI is InChI=1S/C27H29N3O4/c1-33-24-15-21(16-25(18-24)34-2)19-29-13-6-14-30(27(29)32)23-11-9-22(10-12-23)28-26(31)17-20-7-4-3-5-8-20/h3-5,7-12,15-16,18H,6,13-14,17,19H2,1-2H3,(H,28,31). The van der Waals surface area contributed by atoms with Crippen LogP contribution in [0.5, 0.6) is 11.5 Å². The molecule has 1 aliphatic rings. The third-order valence-corrected chi connectivity index (χ3v) is 5.77. The summed E-state index contributed by atoms with van der Waals surface area (Å²) in [5, 5.41) is 2.92. The highest BCUT2D eigenvalue weighted by Gasteiger charge is 2.27. The lowest BCUT2D eigenvalue weighted by molar-refractivity contribution is -0.115. The molecule has 3 aromatic carbocycles. The van der Waals surface area contributed by atoms with Crippen LogP contribution in [-0.2, 0) is 17.8 Å². The molecule has 0 bridgehead atoms. The molecule has 3 amide bonds. The van der Waals surface area contributed by atoms with Crippen LogP contribution >= 0.6 is 0 Å². The van der Waals surface area contributed by atoms with Crippen molar-refractivity contribution in [2.75, 3.05) is 37.5 Å². The number of carbonyl (C=O) groups is 2.